The predicted octanol–water partition coefficient (Wildman–Crippen LogP) is 1.87. The first kappa shape index (κ1) is 11.5. The van der Waals surface area contributed by atoms with E-state index < -0.39 is 0 Å². The number of rotatable bonds is 4. The summed E-state index contributed by atoms with van der Waals surface area (Å²) in [6.45, 7) is 4.59. The largest absolute Gasteiger partial charge is 0.462 e. The Labute approximate surface area is 89.5 Å². The predicted molar refractivity (Wildman–Crippen MR) is 58.4 cm³/mol. The number of nitrogen functional groups attached to an aromatic ring is 1. The molecule has 1 rings (SSSR count). The second-order valence-corrected chi connectivity index (χ2v) is 3.83. The van der Waals surface area contributed by atoms with Gasteiger partial charge in [0.25, 0.3) is 0 Å². The number of nitrogens with zero attached hydrogens (tertiary/aromatic N) is 1. The van der Waals surface area contributed by atoms with Crippen LogP contribution < -0.4 is 5.73 Å². The zero-order valence-electron chi connectivity index (χ0n) is 9.06. The lowest BCUT2D eigenvalue weighted by molar-refractivity contribution is 0.0487. The minimum atomic E-state index is -0.365. The summed E-state index contributed by atoms with van der Waals surface area (Å²) in [5.74, 6) is 0.159. The summed E-state index contributed by atoms with van der Waals surface area (Å²) in [5, 5.41) is 0. The zero-order valence-corrected chi connectivity index (χ0v) is 9.06. The van der Waals surface area contributed by atoms with Crippen molar-refractivity contribution >= 4 is 11.7 Å². The highest BCUT2D eigenvalue weighted by Crippen LogP contribution is 2.07. The number of esters is 1. The molecule has 0 fully saturated rings. The van der Waals surface area contributed by atoms with Crippen LogP contribution in [-0.2, 0) is 4.74 Å². The minimum absolute atomic E-state index is 0.365. The van der Waals surface area contributed by atoms with E-state index in [0.29, 0.717) is 23.8 Å². The van der Waals surface area contributed by atoms with E-state index in [1.807, 2.05) is 0 Å². The Balaban J connectivity index is 2.47. The van der Waals surface area contributed by atoms with Gasteiger partial charge in [-0.15, -0.1) is 0 Å². The van der Waals surface area contributed by atoms with E-state index in [9.17, 15) is 4.79 Å². The van der Waals surface area contributed by atoms with E-state index >= 15 is 0 Å². The van der Waals surface area contributed by atoms with Crippen LogP contribution in [0, 0.1) is 5.92 Å². The number of ether oxygens (including phenoxy) is 1. The van der Waals surface area contributed by atoms with Gasteiger partial charge in [0.1, 0.15) is 0 Å². The molecule has 0 radical (unpaired) electrons. The van der Waals surface area contributed by atoms with Crippen molar-refractivity contribution in [2.75, 3.05) is 12.3 Å². The first-order valence-electron chi connectivity index (χ1n) is 4.97. The summed E-state index contributed by atoms with van der Waals surface area (Å²) in [5.41, 5.74) is 6.37. The Morgan fingerprint density at radius 1 is 1.53 bits per heavy atom. The summed E-state index contributed by atoms with van der Waals surface area (Å²) in [6.07, 6.45) is 3.81. The quantitative estimate of drug-likeness (QED) is 0.767. The van der Waals surface area contributed by atoms with Crippen LogP contribution in [0.2, 0.25) is 0 Å². The average Bonchev–Trinajstić information content (AvgIpc) is 2.17. The van der Waals surface area contributed by atoms with Gasteiger partial charge >= 0.3 is 5.97 Å². The Bertz CT molecular complexity index is 337. The molecule has 0 bridgehead atoms. The fraction of sp³-hybridized carbons (Fsp3) is 0.455. The molecule has 15 heavy (non-hydrogen) atoms. The maximum Gasteiger partial charge on any atom is 0.339 e. The molecular weight excluding hydrogens is 192 g/mol. The molecule has 1 aromatic heterocycles. The van der Waals surface area contributed by atoms with Crippen LogP contribution in [0.15, 0.2) is 18.5 Å². The van der Waals surface area contributed by atoms with Crippen molar-refractivity contribution in [3.8, 4) is 0 Å². The van der Waals surface area contributed by atoms with Crippen LogP contribution in [0.4, 0.5) is 5.69 Å². The van der Waals surface area contributed by atoms with Crippen LogP contribution in [0.5, 0.6) is 0 Å². The van der Waals surface area contributed by atoms with E-state index in [-0.39, 0.29) is 5.97 Å². The van der Waals surface area contributed by atoms with Gasteiger partial charge < -0.3 is 10.5 Å². The second-order valence-electron chi connectivity index (χ2n) is 3.83. The highest BCUT2D eigenvalue weighted by molar-refractivity contribution is 5.89. The summed E-state index contributed by atoms with van der Waals surface area (Å²) >= 11 is 0. The van der Waals surface area contributed by atoms with Gasteiger partial charge in [-0.25, -0.2) is 4.79 Å². The van der Waals surface area contributed by atoms with Crippen molar-refractivity contribution in [1.29, 1.82) is 0 Å². The van der Waals surface area contributed by atoms with Crippen LogP contribution in [0.3, 0.4) is 0 Å². The number of nitrogens with two attached hydrogens (primary N) is 1. The van der Waals surface area contributed by atoms with Gasteiger partial charge in [0.2, 0.25) is 0 Å². The fourth-order valence-electron chi connectivity index (χ4n) is 1.04. The van der Waals surface area contributed by atoms with E-state index in [2.05, 4.69) is 18.8 Å². The summed E-state index contributed by atoms with van der Waals surface area (Å²) in [7, 11) is 0. The van der Waals surface area contributed by atoms with Gasteiger partial charge in [0.05, 0.1) is 17.9 Å². The number of pyridine rings is 1. The third-order valence-electron chi connectivity index (χ3n) is 1.92. The SMILES string of the molecule is CC(C)CCOC(=O)c1cncc(N)c1. The first-order chi connectivity index (χ1) is 7.09. The van der Waals surface area contributed by atoms with Crippen molar-refractivity contribution < 1.29 is 9.53 Å². The molecule has 1 aromatic rings. The number of anilines is 1. The van der Waals surface area contributed by atoms with E-state index in [4.69, 9.17) is 10.5 Å². The van der Waals surface area contributed by atoms with Gasteiger partial charge in [0, 0.05) is 12.4 Å². The third-order valence-corrected chi connectivity index (χ3v) is 1.92. The van der Waals surface area contributed by atoms with Crippen LogP contribution in [-0.4, -0.2) is 17.6 Å². The van der Waals surface area contributed by atoms with Crippen molar-refractivity contribution in [3.05, 3.63) is 24.0 Å². The molecule has 0 aliphatic rings. The maximum atomic E-state index is 11.5. The standard InChI is InChI=1S/C11H16N2O2/c1-8(2)3-4-15-11(14)9-5-10(12)7-13-6-9/h5-8H,3-4,12H2,1-2H3. The monoisotopic (exact) mass is 208 g/mol. The van der Waals surface area contributed by atoms with Gasteiger partial charge in [-0.3, -0.25) is 4.98 Å². The molecule has 0 unspecified atom stereocenters. The van der Waals surface area contributed by atoms with Gasteiger partial charge in [-0.1, -0.05) is 13.8 Å². The summed E-state index contributed by atoms with van der Waals surface area (Å²) in [6, 6.07) is 1.56. The fourth-order valence-corrected chi connectivity index (χ4v) is 1.04. The van der Waals surface area contributed by atoms with Crippen LogP contribution >= 0.6 is 0 Å². The number of aromatic nitrogens is 1. The Morgan fingerprint density at radius 2 is 2.27 bits per heavy atom. The zero-order chi connectivity index (χ0) is 11.3. The van der Waals surface area contributed by atoms with E-state index in [1.165, 1.54) is 12.4 Å². The van der Waals surface area contributed by atoms with E-state index in [1.54, 1.807) is 6.07 Å². The number of carbonyl (C=O) groups excluding carboxylic acids is 1. The molecule has 0 aliphatic carbocycles. The molecule has 4 heteroatoms. The van der Waals surface area contributed by atoms with Gasteiger partial charge in [0.15, 0.2) is 0 Å². The average molecular weight is 208 g/mol. The second kappa shape index (κ2) is 5.34. The van der Waals surface area contributed by atoms with E-state index in [0.717, 1.165) is 6.42 Å². The van der Waals surface area contributed by atoms with Crippen LogP contribution in [0.1, 0.15) is 30.6 Å². The molecule has 0 atom stereocenters. The molecule has 0 amide bonds. The number of hydrogen-bond acceptors (Lipinski definition) is 4. The van der Waals surface area contributed by atoms with Crippen molar-refractivity contribution in [1.82, 2.24) is 4.98 Å². The summed E-state index contributed by atoms with van der Waals surface area (Å²) in [4.78, 5) is 15.3. The van der Waals surface area contributed by atoms with Crippen LogP contribution in [0.25, 0.3) is 0 Å². The molecular formula is C11H16N2O2. The number of hydrogen-bond donors (Lipinski definition) is 1. The molecule has 0 aliphatic heterocycles. The maximum absolute atomic E-state index is 11.5. The normalized spacial score (nSPS) is 10.3. The topological polar surface area (TPSA) is 65.2 Å². The lowest BCUT2D eigenvalue weighted by Crippen LogP contribution is -2.08. The highest BCUT2D eigenvalue weighted by Gasteiger charge is 2.07. The van der Waals surface area contributed by atoms with Crippen molar-refractivity contribution in [2.45, 2.75) is 20.3 Å². The smallest absolute Gasteiger partial charge is 0.339 e. The Hall–Kier alpha value is -1.58. The lowest BCUT2D eigenvalue weighted by atomic mass is 10.1. The lowest BCUT2D eigenvalue weighted by Gasteiger charge is -2.06. The molecule has 2 N–H and O–H groups in total. The van der Waals surface area contributed by atoms with Gasteiger partial charge in [-0.2, -0.15) is 0 Å². The van der Waals surface area contributed by atoms with Crippen molar-refractivity contribution in [2.24, 2.45) is 5.92 Å². The molecule has 4 nitrogen and oxygen atoms in total. The molecule has 0 spiro atoms. The van der Waals surface area contributed by atoms with Crippen molar-refractivity contribution in [3.63, 3.8) is 0 Å². The minimum Gasteiger partial charge on any atom is -0.462 e. The molecule has 1 heterocycles. The molecule has 0 saturated heterocycles. The first-order valence-corrected chi connectivity index (χ1v) is 4.97. The Kier molecular flexibility index (Phi) is 4.09. The number of carbonyl (C=O) groups is 1. The Morgan fingerprint density at radius 3 is 2.87 bits per heavy atom. The molecule has 82 valence electrons. The van der Waals surface area contributed by atoms with Gasteiger partial charge in [-0.05, 0) is 18.4 Å². The highest BCUT2D eigenvalue weighted by atomic mass is 16.5. The summed E-state index contributed by atoms with van der Waals surface area (Å²) < 4.78 is 5.06. The molecule has 0 saturated carbocycles. The molecule has 0 aromatic carbocycles. The third kappa shape index (κ3) is 3.97.